The van der Waals surface area contributed by atoms with Gasteiger partial charge in [0.25, 0.3) is 5.91 Å². The fourth-order valence-corrected chi connectivity index (χ4v) is 6.11. The Balaban J connectivity index is 1.35. The third kappa shape index (κ3) is 6.48. The van der Waals surface area contributed by atoms with Crippen molar-refractivity contribution in [3.8, 4) is 11.3 Å². The third-order valence-corrected chi connectivity index (χ3v) is 8.45. The van der Waals surface area contributed by atoms with Crippen LogP contribution < -0.4 is 5.43 Å². The number of Topliss-reactive ketones (excluding diaryl/α,β-unsaturated/α-hetero) is 1. The smallest absolute Gasteiger partial charge is 0.286 e. The van der Waals surface area contributed by atoms with Crippen LogP contribution in [0.1, 0.15) is 58.1 Å². The minimum atomic E-state index is -0.305. The molecule has 208 valence electrons. The van der Waals surface area contributed by atoms with Gasteiger partial charge in [-0.3, -0.25) is 19.7 Å². The van der Waals surface area contributed by atoms with Gasteiger partial charge in [0.1, 0.15) is 0 Å². The molecule has 2 aromatic carbocycles. The number of amides is 1. The van der Waals surface area contributed by atoms with Gasteiger partial charge in [-0.25, -0.2) is 5.01 Å². The average molecular weight is 618 g/mol. The molecule has 0 radical (unpaired) electrons. The van der Waals surface area contributed by atoms with Crippen molar-refractivity contribution in [1.82, 2.24) is 20.2 Å². The Bertz CT molecular complexity index is 1480. The van der Waals surface area contributed by atoms with Crippen molar-refractivity contribution >= 4 is 58.1 Å². The number of aromatic nitrogens is 2. The van der Waals surface area contributed by atoms with Crippen molar-refractivity contribution in [1.29, 1.82) is 0 Å². The van der Waals surface area contributed by atoms with E-state index in [0.29, 0.717) is 57.3 Å². The van der Waals surface area contributed by atoms with Gasteiger partial charge in [-0.1, -0.05) is 64.6 Å². The lowest BCUT2D eigenvalue weighted by Gasteiger charge is -2.32. The first-order valence-electron chi connectivity index (χ1n) is 13.1. The van der Waals surface area contributed by atoms with Crippen LogP contribution in [-0.4, -0.2) is 39.6 Å². The molecular weight excluding hydrogens is 590 g/mol. The highest BCUT2D eigenvalue weighted by atomic mass is 35.5. The molecule has 3 aromatic rings. The van der Waals surface area contributed by atoms with Gasteiger partial charge >= 0.3 is 0 Å². The highest BCUT2D eigenvalue weighted by molar-refractivity contribution is 6.35. The number of allylic oxidation sites excluding steroid dienone is 4. The number of hydrazine groups is 1. The van der Waals surface area contributed by atoms with Crippen LogP contribution in [0, 0.1) is 12.8 Å². The predicted octanol–water partition coefficient (Wildman–Crippen LogP) is 7.99. The molecular formula is C30H28Cl4N4O2. The van der Waals surface area contributed by atoms with Crippen LogP contribution in [-0.2, 0) is 0 Å². The lowest BCUT2D eigenvalue weighted by molar-refractivity contribution is 0.0650. The van der Waals surface area contributed by atoms with Gasteiger partial charge in [0.15, 0.2) is 11.5 Å². The summed E-state index contributed by atoms with van der Waals surface area (Å²) in [5.74, 6) is -0.104. The highest BCUT2D eigenvalue weighted by Crippen LogP contribution is 2.38. The van der Waals surface area contributed by atoms with Crippen molar-refractivity contribution in [3.05, 3.63) is 97.6 Å². The lowest BCUT2D eigenvalue weighted by Crippen LogP contribution is -2.48. The first kappa shape index (κ1) is 28.9. The fraction of sp³-hybridized carbons (Fsp3) is 0.300. The minimum Gasteiger partial charge on any atom is -0.294 e. The molecule has 40 heavy (non-hydrogen) atoms. The second kappa shape index (κ2) is 12.5. The zero-order chi connectivity index (χ0) is 28.4. The van der Waals surface area contributed by atoms with Gasteiger partial charge < -0.3 is 0 Å². The summed E-state index contributed by atoms with van der Waals surface area (Å²) in [6.07, 6.45) is 6.34. The van der Waals surface area contributed by atoms with Crippen LogP contribution in [0.4, 0.5) is 0 Å². The number of carbonyl (C=O) groups is 2. The molecule has 5 rings (SSSR count). The van der Waals surface area contributed by atoms with Crippen molar-refractivity contribution in [3.63, 3.8) is 0 Å². The maximum atomic E-state index is 13.6. The molecule has 0 saturated carbocycles. The molecule has 1 saturated heterocycles. The molecule has 6 nitrogen and oxygen atoms in total. The summed E-state index contributed by atoms with van der Waals surface area (Å²) in [5.41, 5.74) is 6.39. The van der Waals surface area contributed by atoms with E-state index in [0.717, 1.165) is 29.7 Å². The van der Waals surface area contributed by atoms with E-state index in [1.54, 1.807) is 35.0 Å². The SMILES string of the molecule is Cc1c(C(=O)NN2CCC[C@H](CC(=O)c3ccc(Cl)cc3)C2)nn(C2CC=C(Cl)C=C2Cl)c1-c1ccc(Cl)cc1. The number of nitrogens with zero attached hydrogens (tertiary/aromatic N) is 3. The van der Waals surface area contributed by atoms with Crippen molar-refractivity contribution in [2.75, 3.05) is 13.1 Å². The number of carbonyl (C=O) groups excluding carboxylic acids is 2. The first-order chi connectivity index (χ1) is 19.2. The molecule has 10 heteroatoms. The first-order valence-corrected chi connectivity index (χ1v) is 14.6. The number of rotatable bonds is 7. The maximum Gasteiger partial charge on any atom is 0.286 e. The summed E-state index contributed by atoms with van der Waals surface area (Å²) in [5, 5.41) is 8.99. The number of benzene rings is 2. The number of hydrogen-bond donors (Lipinski definition) is 1. The molecule has 1 unspecified atom stereocenters. The van der Waals surface area contributed by atoms with Crippen LogP contribution >= 0.6 is 46.4 Å². The van der Waals surface area contributed by atoms with E-state index in [1.807, 2.05) is 42.3 Å². The number of piperidine rings is 1. The molecule has 1 N–H and O–H groups in total. The van der Waals surface area contributed by atoms with Crippen LogP contribution in [0.15, 0.2) is 70.7 Å². The molecule has 0 bridgehead atoms. The Hall–Kier alpha value is -2.61. The van der Waals surface area contributed by atoms with E-state index in [2.05, 4.69) is 5.43 Å². The molecule has 2 heterocycles. The molecule has 1 amide bonds. The second-order valence-electron chi connectivity index (χ2n) is 10.2. The summed E-state index contributed by atoms with van der Waals surface area (Å²) in [6.45, 7) is 3.16. The van der Waals surface area contributed by atoms with Gasteiger partial charge in [0, 0.05) is 56.3 Å². The minimum absolute atomic E-state index is 0.0728. The molecule has 1 aliphatic carbocycles. The Morgan fingerprint density at radius 1 is 1.00 bits per heavy atom. The van der Waals surface area contributed by atoms with E-state index >= 15 is 0 Å². The quantitative estimate of drug-likeness (QED) is 0.273. The van der Waals surface area contributed by atoms with Crippen LogP contribution in [0.2, 0.25) is 10.0 Å². The summed E-state index contributed by atoms with van der Waals surface area (Å²) < 4.78 is 1.80. The van der Waals surface area contributed by atoms with E-state index in [1.165, 1.54) is 0 Å². The monoisotopic (exact) mass is 616 g/mol. The van der Waals surface area contributed by atoms with Crippen LogP contribution in [0.5, 0.6) is 0 Å². The van der Waals surface area contributed by atoms with E-state index in [4.69, 9.17) is 51.5 Å². The van der Waals surface area contributed by atoms with Gasteiger partial charge in [0.2, 0.25) is 0 Å². The van der Waals surface area contributed by atoms with Crippen LogP contribution in [0.3, 0.4) is 0 Å². The topological polar surface area (TPSA) is 67.2 Å². The van der Waals surface area contributed by atoms with Crippen LogP contribution in [0.25, 0.3) is 11.3 Å². The molecule has 1 fully saturated rings. The fourth-order valence-electron chi connectivity index (χ4n) is 5.30. The number of hydrogen-bond acceptors (Lipinski definition) is 4. The van der Waals surface area contributed by atoms with Gasteiger partial charge in [-0.05, 0) is 74.6 Å². The van der Waals surface area contributed by atoms with Gasteiger partial charge in [-0.15, -0.1) is 0 Å². The average Bonchev–Trinajstić information content (AvgIpc) is 3.26. The van der Waals surface area contributed by atoms with E-state index < -0.39 is 0 Å². The van der Waals surface area contributed by atoms with Crippen molar-refractivity contribution < 1.29 is 9.59 Å². The zero-order valence-corrected chi connectivity index (χ0v) is 24.9. The number of halogens is 4. The Morgan fingerprint density at radius 3 is 2.35 bits per heavy atom. The summed E-state index contributed by atoms with van der Waals surface area (Å²) >= 11 is 24.9. The summed E-state index contributed by atoms with van der Waals surface area (Å²) in [4.78, 5) is 26.4. The van der Waals surface area contributed by atoms with E-state index in [9.17, 15) is 9.59 Å². The highest BCUT2D eigenvalue weighted by Gasteiger charge is 2.30. The predicted molar refractivity (Wildman–Crippen MR) is 161 cm³/mol. The number of nitrogens with one attached hydrogen (secondary N) is 1. The van der Waals surface area contributed by atoms with Crippen molar-refractivity contribution in [2.45, 2.75) is 38.6 Å². The zero-order valence-electron chi connectivity index (χ0n) is 21.8. The lowest BCUT2D eigenvalue weighted by atomic mass is 9.91. The maximum absolute atomic E-state index is 13.6. The Labute approximate surface area is 253 Å². The van der Waals surface area contributed by atoms with Gasteiger partial charge in [0.05, 0.1) is 11.7 Å². The van der Waals surface area contributed by atoms with Gasteiger partial charge in [-0.2, -0.15) is 5.10 Å². The second-order valence-corrected chi connectivity index (χ2v) is 11.9. The number of ketones is 1. The summed E-state index contributed by atoms with van der Waals surface area (Å²) in [6, 6.07) is 14.1. The standard InChI is InChI=1S/C30H28Cl4N4O2/c1-18-28(30(40)36-37-14-2-3-19(17-37)15-27(39)20-4-8-22(31)9-5-20)35-38(26-13-12-24(33)16-25(26)34)29(18)21-6-10-23(32)11-7-21/h4-12,16,19,26H,2-3,13-15,17H2,1H3,(H,36,40)/t19-,26?/m1/s1. The van der Waals surface area contributed by atoms with E-state index in [-0.39, 0.29) is 23.7 Å². The molecule has 2 atom stereocenters. The summed E-state index contributed by atoms with van der Waals surface area (Å²) in [7, 11) is 0. The third-order valence-electron chi connectivity index (χ3n) is 7.32. The normalized spacial score (nSPS) is 19.6. The molecule has 1 aromatic heterocycles. The Kier molecular flexibility index (Phi) is 9.03. The largest absolute Gasteiger partial charge is 0.294 e. The molecule has 1 aliphatic heterocycles. The molecule has 2 aliphatic rings. The Morgan fingerprint density at radius 2 is 1.68 bits per heavy atom. The van der Waals surface area contributed by atoms with Crippen molar-refractivity contribution in [2.24, 2.45) is 5.92 Å². The molecule has 0 spiro atoms.